The van der Waals surface area contributed by atoms with Crippen molar-refractivity contribution in [2.24, 2.45) is 0 Å². The van der Waals surface area contributed by atoms with Crippen LogP contribution in [-0.2, 0) is 11.2 Å². The van der Waals surface area contributed by atoms with E-state index in [1.807, 2.05) is 49.4 Å². The zero-order valence-electron chi connectivity index (χ0n) is 15.4. The zero-order chi connectivity index (χ0) is 18.2. The van der Waals surface area contributed by atoms with Gasteiger partial charge in [-0.05, 0) is 48.6 Å². The van der Waals surface area contributed by atoms with Gasteiger partial charge in [-0.2, -0.15) is 0 Å². The van der Waals surface area contributed by atoms with Crippen LogP contribution < -0.4 is 14.2 Å². The van der Waals surface area contributed by atoms with Crippen molar-refractivity contribution in [1.82, 2.24) is 0 Å². The number of para-hydroxylation sites is 1. The van der Waals surface area contributed by atoms with Crippen molar-refractivity contribution < 1.29 is 19.0 Å². The number of aryl methyl sites for hydroxylation is 1. The van der Waals surface area contributed by atoms with Crippen molar-refractivity contribution in [2.75, 3.05) is 13.7 Å². The van der Waals surface area contributed by atoms with E-state index >= 15 is 0 Å². The summed E-state index contributed by atoms with van der Waals surface area (Å²) in [5.41, 5.74) is 2.05. The predicted molar refractivity (Wildman–Crippen MR) is 98.7 cm³/mol. The fraction of sp³-hybridized carbons (Fsp3) is 0.381. The van der Waals surface area contributed by atoms with E-state index in [1.165, 1.54) is 0 Å². The predicted octanol–water partition coefficient (Wildman–Crippen LogP) is 4.76. The van der Waals surface area contributed by atoms with Crippen LogP contribution in [0.3, 0.4) is 0 Å². The molecule has 4 heteroatoms. The van der Waals surface area contributed by atoms with Crippen LogP contribution in [0.4, 0.5) is 0 Å². The normalized spacial score (nSPS) is 10.6. The monoisotopic (exact) mass is 342 g/mol. The van der Waals surface area contributed by atoms with Gasteiger partial charge in [0.2, 0.25) is 0 Å². The Hall–Kier alpha value is -2.49. The smallest absolute Gasteiger partial charge is 0.311 e. The first kappa shape index (κ1) is 18.8. The van der Waals surface area contributed by atoms with Gasteiger partial charge in [0, 0.05) is 6.42 Å². The van der Waals surface area contributed by atoms with Crippen LogP contribution in [0.1, 0.15) is 44.2 Å². The molecule has 0 saturated carbocycles. The molecular formula is C21H26O4. The number of hydrogen-bond donors (Lipinski definition) is 0. The second-order valence-corrected chi connectivity index (χ2v) is 6.08. The van der Waals surface area contributed by atoms with Crippen molar-refractivity contribution in [3.05, 3.63) is 53.6 Å². The van der Waals surface area contributed by atoms with Crippen LogP contribution >= 0.6 is 0 Å². The second kappa shape index (κ2) is 9.11. The highest BCUT2D eigenvalue weighted by molar-refractivity contribution is 5.73. The largest absolute Gasteiger partial charge is 0.493 e. The molecule has 0 aliphatic rings. The molecule has 0 aromatic heterocycles. The van der Waals surface area contributed by atoms with Gasteiger partial charge in [0.1, 0.15) is 5.75 Å². The number of esters is 1. The lowest BCUT2D eigenvalue weighted by molar-refractivity contribution is -0.134. The van der Waals surface area contributed by atoms with E-state index in [9.17, 15) is 4.79 Å². The summed E-state index contributed by atoms with van der Waals surface area (Å²) in [6, 6.07) is 13.4. The number of rotatable bonds is 8. The van der Waals surface area contributed by atoms with Crippen LogP contribution in [0, 0.1) is 0 Å². The minimum absolute atomic E-state index is 0.235. The second-order valence-electron chi connectivity index (χ2n) is 6.08. The average Bonchev–Trinajstić information content (AvgIpc) is 2.61. The third-order valence-electron chi connectivity index (χ3n) is 3.91. The molecule has 0 unspecified atom stereocenters. The van der Waals surface area contributed by atoms with Crippen LogP contribution in [0.2, 0.25) is 0 Å². The summed E-state index contributed by atoms with van der Waals surface area (Å²) in [5.74, 6) is 2.10. The Balaban J connectivity index is 1.98. The molecule has 0 aliphatic carbocycles. The molecule has 25 heavy (non-hydrogen) atoms. The molecule has 0 aliphatic heterocycles. The highest BCUT2D eigenvalue weighted by Crippen LogP contribution is 2.29. The lowest BCUT2D eigenvalue weighted by Crippen LogP contribution is -2.10. The van der Waals surface area contributed by atoms with Crippen LogP contribution in [0.25, 0.3) is 0 Å². The summed E-state index contributed by atoms with van der Waals surface area (Å²) in [7, 11) is 1.61. The van der Waals surface area contributed by atoms with E-state index in [4.69, 9.17) is 14.2 Å². The summed E-state index contributed by atoms with van der Waals surface area (Å²) in [5, 5.41) is 0. The zero-order valence-corrected chi connectivity index (χ0v) is 15.4. The lowest BCUT2D eigenvalue weighted by atomic mass is 10.0. The molecule has 0 radical (unpaired) electrons. The third-order valence-corrected chi connectivity index (χ3v) is 3.91. The minimum atomic E-state index is -0.235. The lowest BCUT2D eigenvalue weighted by Gasteiger charge is -2.13. The minimum Gasteiger partial charge on any atom is -0.493 e. The maximum Gasteiger partial charge on any atom is 0.311 e. The number of carbonyl (C=O) groups excluding carboxylic acids is 1. The van der Waals surface area contributed by atoms with E-state index in [-0.39, 0.29) is 5.97 Å². The number of ether oxygens (including phenoxy) is 3. The molecule has 2 rings (SSSR count). The molecule has 0 atom stereocenters. The Bertz CT molecular complexity index is 707. The molecule has 0 saturated heterocycles. The van der Waals surface area contributed by atoms with Crippen molar-refractivity contribution >= 4 is 5.97 Å². The maximum absolute atomic E-state index is 12.2. The first-order chi connectivity index (χ1) is 12.0. The number of hydrogen-bond acceptors (Lipinski definition) is 4. The summed E-state index contributed by atoms with van der Waals surface area (Å²) in [6.45, 7) is 6.67. The summed E-state index contributed by atoms with van der Waals surface area (Å²) in [4.78, 5) is 12.2. The average molecular weight is 342 g/mol. The fourth-order valence-electron chi connectivity index (χ4n) is 2.61. The molecule has 0 fully saturated rings. The molecule has 0 spiro atoms. The van der Waals surface area contributed by atoms with Gasteiger partial charge in [0.25, 0.3) is 0 Å². The van der Waals surface area contributed by atoms with E-state index < -0.39 is 0 Å². The SMILES string of the molecule is CCOc1ccc(CCC(=O)Oc2ccccc2C(C)C)cc1OC. The van der Waals surface area contributed by atoms with Gasteiger partial charge in [-0.3, -0.25) is 4.79 Å². The highest BCUT2D eigenvalue weighted by Gasteiger charge is 2.12. The maximum atomic E-state index is 12.2. The Morgan fingerprint density at radius 2 is 1.80 bits per heavy atom. The van der Waals surface area contributed by atoms with Crippen LogP contribution in [0.5, 0.6) is 17.2 Å². The van der Waals surface area contributed by atoms with Crippen molar-refractivity contribution in [3.8, 4) is 17.2 Å². The molecule has 0 N–H and O–H groups in total. The van der Waals surface area contributed by atoms with Crippen LogP contribution in [-0.4, -0.2) is 19.7 Å². The molecule has 0 heterocycles. The third kappa shape index (κ3) is 5.24. The van der Waals surface area contributed by atoms with E-state index in [0.717, 1.165) is 11.1 Å². The topological polar surface area (TPSA) is 44.8 Å². The molecule has 4 nitrogen and oxygen atoms in total. The van der Waals surface area contributed by atoms with E-state index in [2.05, 4.69) is 13.8 Å². The van der Waals surface area contributed by atoms with Crippen molar-refractivity contribution in [3.63, 3.8) is 0 Å². The molecule has 0 amide bonds. The van der Waals surface area contributed by atoms with Gasteiger partial charge < -0.3 is 14.2 Å². The van der Waals surface area contributed by atoms with Crippen LogP contribution in [0.15, 0.2) is 42.5 Å². The molecule has 134 valence electrons. The van der Waals surface area contributed by atoms with Gasteiger partial charge in [0.05, 0.1) is 13.7 Å². The number of carbonyl (C=O) groups is 1. The first-order valence-corrected chi connectivity index (χ1v) is 8.64. The Labute approximate surface area is 149 Å². The highest BCUT2D eigenvalue weighted by atomic mass is 16.5. The van der Waals surface area contributed by atoms with Gasteiger partial charge >= 0.3 is 5.97 Å². The number of methoxy groups -OCH3 is 1. The van der Waals surface area contributed by atoms with E-state index in [1.54, 1.807) is 7.11 Å². The van der Waals surface area contributed by atoms with Gasteiger partial charge in [-0.15, -0.1) is 0 Å². The van der Waals surface area contributed by atoms with Crippen molar-refractivity contribution in [1.29, 1.82) is 0 Å². The first-order valence-electron chi connectivity index (χ1n) is 8.64. The molecule has 2 aromatic carbocycles. The standard InChI is InChI=1S/C21H26O4/c1-5-24-19-12-10-16(14-20(19)23-4)11-13-21(22)25-18-9-7-6-8-17(18)15(2)3/h6-10,12,14-15H,5,11,13H2,1-4H3. The fourth-order valence-corrected chi connectivity index (χ4v) is 2.61. The van der Waals surface area contributed by atoms with Gasteiger partial charge in [-0.1, -0.05) is 38.1 Å². The Kier molecular flexibility index (Phi) is 6.87. The summed E-state index contributed by atoms with van der Waals surface area (Å²) in [6.07, 6.45) is 0.898. The van der Waals surface area contributed by atoms with Gasteiger partial charge in [0.15, 0.2) is 11.5 Å². The molecule has 2 aromatic rings. The van der Waals surface area contributed by atoms with E-state index in [0.29, 0.717) is 42.6 Å². The Morgan fingerprint density at radius 1 is 1.04 bits per heavy atom. The Morgan fingerprint density at radius 3 is 2.48 bits per heavy atom. The molecular weight excluding hydrogens is 316 g/mol. The summed E-state index contributed by atoms with van der Waals surface area (Å²) >= 11 is 0. The van der Waals surface area contributed by atoms with Crippen molar-refractivity contribution in [2.45, 2.75) is 39.5 Å². The summed E-state index contributed by atoms with van der Waals surface area (Å²) < 4.78 is 16.4. The quantitative estimate of drug-likeness (QED) is 0.513. The van der Waals surface area contributed by atoms with Gasteiger partial charge in [-0.25, -0.2) is 0 Å². The number of benzene rings is 2. The molecule has 0 bridgehead atoms.